The number of para-hydroxylation sites is 1. The van der Waals surface area contributed by atoms with Crippen molar-refractivity contribution in [2.45, 2.75) is 11.4 Å². The Kier molecular flexibility index (Phi) is 3.26. The standard InChI is InChI=1S/C15H16N2S/c1-16-10-12-6-8-13(9-7-12)17-11-18-15-5-3-2-4-14(15)17/h2-9,16H,10-11H2,1H3. The maximum Gasteiger partial charge on any atom is 0.0735 e. The summed E-state index contributed by atoms with van der Waals surface area (Å²) in [6, 6.07) is 17.4. The Bertz CT molecular complexity index is 536. The SMILES string of the molecule is CNCc1ccc(N2CSc3ccccc32)cc1. The monoisotopic (exact) mass is 256 g/mol. The predicted molar refractivity (Wildman–Crippen MR) is 78.5 cm³/mol. The number of hydrogen-bond acceptors (Lipinski definition) is 3. The maximum atomic E-state index is 3.17. The van der Waals surface area contributed by atoms with Crippen molar-refractivity contribution in [2.75, 3.05) is 17.8 Å². The van der Waals surface area contributed by atoms with Crippen molar-refractivity contribution in [3.05, 3.63) is 54.1 Å². The van der Waals surface area contributed by atoms with Gasteiger partial charge >= 0.3 is 0 Å². The lowest BCUT2D eigenvalue weighted by atomic mass is 10.2. The van der Waals surface area contributed by atoms with Crippen molar-refractivity contribution in [3.8, 4) is 0 Å². The second-order valence-electron chi connectivity index (χ2n) is 4.37. The molecule has 1 aliphatic rings. The predicted octanol–water partition coefficient (Wildman–Crippen LogP) is 3.61. The molecule has 0 amide bonds. The van der Waals surface area contributed by atoms with Crippen molar-refractivity contribution in [1.29, 1.82) is 0 Å². The summed E-state index contributed by atoms with van der Waals surface area (Å²) >= 11 is 1.90. The fourth-order valence-corrected chi connectivity index (χ4v) is 3.27. The van der Waals surface area contributed by atoms with Crippen LogP contribution in [0.1, 0.15) is 5.56 Å². The fraction of sp³-hybridized carbons (Fsp3) is 0.200. The van der Waals surface area contributed by atoms with E-state index in [0.717, 1.165) is 12.4 Å². The smallest absolute Gasteiger partial charge is 0.0735 e. The molecule has 3 heteroatoms. The van der Waals surface area contributed by atoms with Gasteiger partial charge in [0.25, 0.3) is 0 Å². The molecule has 3 rings (SSSR count). The van der Waals surface area contributed by atoms with Gasteiger partial charge in [-0.1, -0.05) is 24.3 Å². The second-order valence-corrected chi connectivity index (χ2v) is 5.35. The highest BCUT2D eigenvalue weighted by atomic mass is 32.2. The van der Waals surface area contributed by atoms with Crippen molar-refractivity contribution < 1.29 is 0 Å². The third-order valence-corrected chi connectivity index (χ3v) is 4.18. The zero-order valence-electron chi connectivity index (χ0n) is 10.4. The summed E-state index contributed by atoms with van der Waals surface area (Å²) < 4.78 is 0. The van der Waals surface area contributed by atoms with Gasteiger partial charge in [0.2, 0.25) is 0 Å². The molecule has 0 unspecified atom stereocenters. The molecule has 18 heavy (non-hydrogen) atoms. The van der Waals surface area contributed by atoms with Crippen LogP contribution < -0.4 is 10.2 Å². The molecule has 0 saturated carbocycles. The van der Waals surface area contributed by atoms with Gasteiger partial charge < -0.3 is 10.2 Å². The molecule has 0 atom stereocenters. The first-order chi connectivity index (χ1) is 8.88. The van der Waals surface area contributed by atoms with E-state index in [1.807, 2.05) is 18.8 Å². The lowest BCUT2D eigenvalue weighted by molar-refractivity contribution is 0.818. The molecular weight excluding hydrogens is 240 g/mol. The quantitative estimate of drug-likeness (QED) is 0.903. The molecule has 2 aromatic carbocycles. The molecule has 0 aliphatic carbocycles. The fourth-order valence-electron chi connectivity index (χ4n) is 2.22. The van der Waals surface area contributed by atoms with Gasteiger partial charge in [-0.05, 0) is 36.9 Å². The van der Waals surface area contributed by atoms with Gasteiger partial charge in [0, 0.05) is 17.1 Å². The lowest BCUT2D eigenvalue weighted by Gasteiger charge is -2.18. The lowest BCUT2D eigenvalue weighted by Crippen LogP contribution is -2.11. The summed E-state index contributed by atoms with van der Waals surface area (Å²) in [5.41, 5.74) is 3.91. The van der Waals surface area contributed by atoms with Gasteiger partial charge in [-0.15, -0.1) is 11.8 Å². The Morgan fingerprint density at radius 1 is 1.11 bits per heavy atom. The summed E-state index contributed by atoms with van der Waals surface area (Å²) in [6.45, 7) is 0.922. The van der Waals surface area contributed by atoms with Gasteiger partial charge in [-0.25, -0.2) is 0 Å². The third kappa shape index (κ3) is 2.11. The highest BCUT2D eigenvalue weighted by molar-refractivity contribution is 7.99. The number of nitrogens with zero attached hydrogens (tertiary/aromatic N) is 1. The van der Waals surface area contributed by atoms with E-state index < -0.39 is 0 Å². The van der Waals surface area contributed by atoms with E-state index in [-0.39, 0.29) is 0 Å². The van der Waals surface area contributed by atoms with Crippen LogP contribution in [-0.4, -0.2) is 12.9 Å². The average Bonchev–Trinajstić information content (AvgIpc) is 2.84. The first-order valence-corrected chi connectivity index (χ1v) is 7.10. The Morgan fingerprint density at radius 2 is 1.89 bits per heavy atom. The van der Waals surface area contributed by atoms with Crippen LogP contribution in [-0.2, 0) is 6.54 Å². The molecule has 0 radical (unpaired) electrons. The molecule has 1 aliphatic heterocycles. The number of nitrogens with one attached hydrogen (secondary N) is 1. The molecule has 92 valence electrons. The van der Waals surface area contributed by atoms with E-state index in [2.05, 4.69) is 58.7 Å². The minimum Gasteiger partial charge on any atom is -0.330 e. The summed E-state index contributed by atoms with van der Waals surface area (Å²) in [5, 5.41) is 3.17. The zero-order valence-corrected chi connectivity index (χ0v) is 11.2. The zero-order chi connectivity index (χ0) is 12.4. The van der Waals surface area contributed by atoms with Gasteiger partial charge in [0.1, 0.15) is 0 Å². The molecular formula is C15H16N2S. The Labute approximate surface area is 112 Å². The molecule has 0 spiro atoms. The van der Waals surface area contributed by atoms with Gasteiger partial charge in [0.15, 0.2) is 0 Å². The van der Waals surface area contributed by atoms with Crippen LogP contribution in [0.15, 0.2) is 53.4 Å². The molecule has 0 saturated heterocycles. The minimum atomic E-state index is 0.922. The number of fused-ring (bicyclic) bond motifs is 1. The number of benzene rings is 2. The van der Waals surface area contributed by atoms with Crippen molar-refractivity contribution >= 4 is 23.1 Å². The largest absolute Gasteiger partial charge is 0.330 e. The van der Waals surface area contributed by atoms with Gasteiger partial charge in [-0.3, -0.25) is 0 Å². The van der Waals surface area contributed by atoms with Crippen LogP contribution in [0.5, 0.6) is 0 Å². The molecule has 0 bridgehead atoms. The molecule has 2 aromatic rings. The number of rotatable bonds is 3. The molecule has 1 N–H and O–H groups in total. The average molecular weight is 256 g/mol. The first kappa shape index (κ1) is 11.6. The van der Waals surface area contributed by atoms with Crippen LogP contribution in [0.3, 0.4) is 0 Å². The van der Waals surface area contributed by atoms with Crippen LogP contribution in [0.4, 0.5) is 11.4 Å². The summed E-state index contributed by atoms with van der Waals surface area (Å²) in [4.78, 5) is 3.74. The van der Waals surface area contributed by atoms with Crippen LogP contribution in [0.2, 0.25) is 0 Å². The highest BCUT2D eigenvalue weighted by Crippen LogP contribution is 2.42. The van der Waals surface area contributed by atoms with Crippen LogP contribution in [0.25, 0.3) is 0 Å². The number of thioether (sulfide) groups is 1. The van der Waals surface area contributed by atoms with Crippen LogP contribution in [0, 0.1) is 0 Å². The minimum absolute atomic E-state index is 0.922. The van der Waals surface area contributed by atoms with E-state index in [0.29, 0.717) is 0 Å². The van der Waals surface area contributed by atoms with Crippen LogP contribution >= 0.6 is 11.8 Å². The molecule has 2 nitrogen and oxygen atoms in total. The van der Waals surface area contributed by atoms with E-state index in [1.54, 1.807) is 0 Å². The number of hydrogen-bond donors (Lipinski definition) is 1. The van der Waals surface area contributed by atoms with Gasteiger partial charge in [0.05, 0.1) is 11.6 Å². The van der Waals surface area contributed by atoms with E-state index in [1.165, 1.54) is 21.8 Å². The highest BCUT2D eigenvalue weighted by Gasteiger charge is 2.19. The van der Waals surface area contributed by atoms with Crippen molar-refractivity contribution in [2.24, 2.45) is 0 Å². The summed E-state index contributed by atoms with van der Waals surface area (Å²) in [5.74, 6) is 1.00. The summed E-state index contributed by atoms with van der Waals surface area (Å²) in [6.07, 6.45) is 0. The second kappa shape index (κ2) is 5.04. The molecule has 0 aromatic heterocycles. The topological polar surface area (TPSA) is 15.3 Å². The van der Waals surface area contributed by atoms with E-state index in [4.69, 9.17) is 0 Å². The third-order valence-electron chi connectivity index (χ3n) is 3.13. The van der Waals surface area contributed by atoms with Gasteiger partial charge in [-0.2, -0.15) is 0 Å². The number of anilines is 2. The summed E-state index contributed by atoms with van der Waals surface area (Å²) in [7, 11) is 1.97. The Balaban J connectivity index is 1.88. The Morgan fingerprint density at radius 3 is 2.67 bits per heavy atom. The van der Waals surface area contributed by atoms with E-state index >= 15 is 0 Å². The van der Waals surface area contributed by atoms with E-state index in [9.17, 15) is 0 Å². The first-order valence-electron chi connectivity index (χ1n) is 6.11. The normalized spacial score (nSPS) is 13.7. The van der Waals surface area contributed by atoms with Crippen molar-refractivity contribution in [1.82, 2.24) is 5.32 Å². The van der Waals surface area contributed by atoms with Crippen molar-refractivity contribution in [3.63, 3.8) is 0 Å². The Hall–Kier alpha value is -1.45. The molecule has 0 fully saturated rings. The maximum absolute atomic E-state index is 3.17. The molecule has 1 heterocycles.